The Bertz CT molecular complexity index is 804. The van der Waals surface area contributed by atoms with Crippen molar-refractivity contribution >= 4 is 11.5 Å². The molecular formula is C16H18FN5O. The first-order valence-corrected chi connectivity index (χ1v) is 7.57. The number of rotatable bonds is 6. The molecule has 3 rings (SSSR count). The van der Waals surface area contributed by atoms with Gasteiger partial charge in [-0.15, -0.1) is 15.3 Å². The van der Waals surface area contributed by atoms with E-state index in [2.05, 4.69) is 20.6 Å². The first-order chi connectivity index (χ1) is 11.2. The monoisotopic (exact) mass is 315 g/mol. The quantitative estimate of drug-likeness (QED) is 0.731. The molecule has 0 saturated heterocycles. The van der Waals surface area contributed by atoms with Gasteiger partial charge in [-0.2, -0.15) is 4.52 Å². The fourth-order valence-electron chi connectivity index (χ4n) is 2.42. The third-order valence-electron chi connectivity index (χ3n) is 3.70. The van der Waals surface area contributed by atoms with Gasteiger partial charge < -0.3 is 10.4 Å². The number of fused-ring (bicyclic) bond motifs is 1. The van der Waals surface area contributed by atoms with Crippen LogP contribution in [0, 0.1) is 5.82 Å². The summed E-state index contributed by atoms with van der Waals surface area (Å²) in [6, 6.07) is 10.1. The molecule has 23 heavy (non-hydrogen) atoms. The van der Waals surface area contributed by atoms with Gasteiger partial charge in [0, 0.05) is 12.6 Å². The van der Waals surface area contributed by atoms with Crippen molar-refractivity contribution < 1.29 is 9.50 Å². The van der Waals surface area contributed by atoms with Crippen molar-refractivity contribution in [3.63, 3.8) is 0 Å². The maximum absolute atomic E-state index is 14.0. The lowest BCUT2D eigenvalue weighted by Crippen LogP contribution is -2.21. The zero-order valence-electron chi connectivity index (χ0n) is 12.8. The van der Waals surface area contributed by atoms with E-state index in [0.29, 0.717) is 29.3 Å². The number of nitrogens with zero attached hydrogens (tertiary/aromatic N) is 4. The van der Waals surface area contributed by atoms with E-state index in [0.717, 1.165) is 6.42 Å². The summed E-state index contributed by atoms with van der Waals surface area (Å²) in [6.45, 7) is 2.15. The molecule has 120 valence electrons. The van der Waals surface area contributed by atoms with Crippen molar-refractivity contribution in [1.82, 2.24) is 19.8 Å². The molecule has 2 aromatic heterocycles. The number of aliphatic hydroxyl groups excluding tert-OH is 1. The number of aromatic nitrogens is 4. The Morgan fingerprint density at radius 3 is 2.78 bits per heavy atom. The number of aliphatic hydroxyl groups is 1. The van der Waals surface area contributed by atoms with Crippen LogP contribution in [0.1, 0.15) is 19.8 Å². The summed E-state index contributed by atoms with van der Waals surface area (Å²) in [5, 5.41) is 24.9. The molecular weight excluding hydrogens is 297 g/mol. The fourth-order valence-corrected chi connectivity index (χ4v) is 2.42. The molecule has 2 heterocycles. The third kappa shape index (κ3) is 3.14. The van der Waals surface area contributed by atoms with Gasteiger partial charge in [-0.3, -0.25) is 0 Å². The molecule has 3 aromatic rings. The summed E-state index contributed by atoms with van der Waals surface area (Å²) >= 11 is 0. The standard InChI is InChI=1S/C16H18FN5O/c1-2-11(9-10-23)18-14-7-8-15-19-20-16(22(15)21-14)12-5-3-4-6-13(12)17/h3-8,11,23H,2,9-10H2,1H3,(H,18,21). The van der Waals surface area contributed by atoms with Crippen LogP contribution in [0.4, 0.5) is 10.2 Å². The second-order valence-corrected chi connectivity index (χ2v) is 5.25. The molecule has 0 aliphatic carbocycles. The van der Waals surface area contributed by atoms with Crippen molar-refractivity contribution in [2.45, 2.75) is 25.8 Å². The van der Waals surface area contributed by atoms with E-state index in [9.17, 15) is 4.39 Å². The van der Waals surface area contributed by atoms with E-state index >= 15 is 0 Å². The van der Waals surface area contributed by atoms with Gasteiger partial charge in [-0.1, -0.05) is 19.1 Å². The molecule has 0 bridgehead atoms. The third-order valence-corrected chi connectivity index (χ3v) is 3.70. The second-order valence-electron chi connectivity index (χ2n) is 5.25. The molecule has 6 nitrogen and oxygen atoms in total. The molecule has 0 saturated carbocycles. The number of hydrogen-bond donors (Lipinski definition) is 2. The van der Waals surface area contributed by atoms with Crippen LogP contribution in [0.3, 0.4) is 0 Å². The first-order valence-electron chi connectivity index (χ1n) is 7.57. The lowest BCUT2D eigenvalue weighted by Gasteiger charge is -2.16. The zero-order valence-corrected chi connectivity index (χ0v) is 12.8. The normalized spacial score (nSPS) is 12.5. The highest BCUT2D eigenvalue weighted by Gasteiger charge is 2.14. The van der Waals surface area contributed by atoms with Crippen LogP contribution in [-0.4, -0.2) is 37.6 Å². The SMILES string of the molecule is CCC(CCO)Nc1ccc2nnc(-c3ccccc3F)n2n1. The highest BCUT2D eigenvalue weighted by atomic mass is 19.1. The first kappa shape index (κ1) is 15.4. The van der Waals surface area contributed by atoms with Gasteiger partial charge in [0.1, 0.15) is 11.6 Å². The minimum Gasteiger partial charge on any atom is -0.396 e. The van der Waals surface area contributed by atoms with Gasteiger partial charge >= 0.3 is 0 Å². The predicted molar refractivity (Wildman–Crippen MR) is 85.6 cm³/mol. The summed E-state index contributed by atoms with van der Waals surface area (Å²) in [5.41, 5.74) is 0.899. The largest absolute Gasteiger partial charge is 0.396 e. The van der Waals surface area contributed by atoms with Crippen molar-refractivity contribution in [3.05, 3.63) is 42.2 Å². The molecule has 0 fully saturated rings. The number of nitrogens with one attached hydrogen (secondary N) is 1. The molecule has 1 atom stereocenters. The van der Waals surface area contributed by atoms with Crippen LogP contribution in [0.2, 0.25) is 0 Å². The minimum absolute atomic E-state index is 0.112. The van der Waals surface area contributed by atoms with Crippen molar-refractivity contribution in [2.75, 3.05) is 11.9 Å². The van der Waals surface area contributed by atoms with Crippen LogP contribution < -0.4 is 5.32 Å². The Kier molecular flexibility index (Phi) is 4.47. The summed E-state index contributed by atoms with van der Waals surface area (Å²) in [5.74, 6) is 0.626. The number of hydrogen-bond acceptors (Lipinski definition) is 5. The van der Waals surface area contributed by atoms with Gasteiger partial charge in [-0.25, -0.2) is 4.39 Å². The van der Waals surface area contributed by atoms with Crippen LogP contribution >= 0.6 is 0 Å². The Balaban J connectivity index is 1.99. The van der Waals surface area contributed by atoms with Gasteiger partial charge in [0.05, 0.1) is 5.56 Å². The van der Waals surface area contributed by atoms with E-state index < -0.39 is 0 Å². The number of anilines is 1. The Hall–Kier alpha value is -2.54. The topological polar surface area (TPSA) is 75.3 Å². The molecule has 1 unspecified atom stereocenters. The maximum atomic E-state index is 14.0. The van der Waals surface area contributed by atoms with Gasteiger partial charge in [0.2, 0.25) is 0 Å². The van der Waals surface area contributed by atoms with Gasteiger partial charge in [-0.05, 0) is 37.1 Å². The van der Waals surface area contributed by atoms with Crippen LogP contribution in [-0.2, 0) is 0 Å². The molecule has 7 heteroatoms. The van der Waals surface area contributed by atoms with E-state index in [4.69, 9.17) is 5.11 Å². The average Bonchev–Trinajstić information content (AvgIpc) is 2.98. The lowest BCUT2D eigenvalue weighted by atomic mass is 10.1. The van der Waals surface area contributed by atoms with E-state index in [1.54, 1.807) is 30.3 Å². The average molecular weight is 315 g/mol. The maximum Gasteiger partial charge on any atom is 0.188 e. The Morgan fingerprint density at radius 1 is 1.22 bits per heavy atom. The summed E-state index contributed by atoms with van der Waals surface area (Å²) in [6.07, 6.45) is 1.50. The van der Waals surface area contributed by atoms with Crippen LogP contribution in [0.25, 0.3) is 17.0 Å². The molecule has 0 aliphatic heterocycles. The van der Waals surface area contributed by atoms with Crippen molar-refractivity contribution in [3.8, 4) is 11.4 Å². The summed E-state index contributed by atoms with van der Waals surface area (Å²) in [4.78, 5) is 0. The van der Waals surface area contributed by atoms with Crippen molar-refractivity contribution in [1.29, 1.82) is 0 Å². The molecule has 0 aliphatic rings. The van der Waals surface area contributed by atoms with Gasteiger partial charge in [0.15, 0.2) is 11.5 Å². The molecule has 1 aromatic carbocycles. The van der Waals surface area contributed by atoms with Gasteiger partial charge in [0.25, 0.3) is 0 Å². The zero-order chi connectivity index (χ0) is 16.2. The molecule has 2 N–H and O–H groups in total. The van der Waals surface area contributed by atoms with Crippen LogP contribution in [0.15, 0.2) is 36.4 Å². The number of halogens is 1. The van der Waals surface area contributed by atoms with E-state index in [1.165, 1.54) is 10.6 Å². The Morgan fingerprint density at radius 2 is 2.04 bits per heavy atom. The van der Waals surface area contributed by atoms with Crippen molar-refractivity contribution in [2.24, 2.45) is 0 Å². The summed E-state index contributed by atoms with van der Waals surface area (Å²) in [7, 11) is 0. The number of benzene rings is 1. The summed E-state index contributed by atoms with van der Waals surface area (Å²) < 4.78 is 15.5. The smallest absolute Gasteiger partial charge is 0.188 e. The van der Waals surface area contributed by atoms with Crippen LogP contribution in [0.5, 0.6) is 0 Å². The minimum atomic E-state index is -0.367. The second kappa shape index (κ2) is 6.70. The fraction of sp³-hybridized carbons (Fsp3) is 0.312. The Labute approximate surface area is 133 Å². The van der Waals surface area contributed by atoms with E-state index in [-0.39, 0.29) is 18.5 Å². The van der Waals surface area contributed by atoms with E-state index in [1.807, 2.05) is 6.92 Å². The molecule has 0 amide bonds. The highest BCUT2D eigenvalue weighted by molar-refractivity contribution is 5.60. The molecule has 0 spiro atoms. The molecule has 0 radical (unpaired) electrons. The predicted octanol–water partition coefficient (Wildman–Crippen LogP) is 2.50. The highest BCUT2D eigenvalue weighted by Crippen LogP contribution is 2.21. The lowest BCUT2D eigenvalue weighted by molar-refractivity contribution is 0.278.